The molecule has 2 amide bonds. The van der Waals surface area contributed by atoms with Crippen LogP contribution in [-0.2, 0) is 16.0 Å². The number of amides is 2. The van der Waals surface area contributed by atoms with Crippen molar-refractivity contribution >= 4 is 17.5 Å². The molecule has 1 saturated heterocycles. The molecule has 1 aromatic rings. The van der Waals surface area contributed by atoms with E-state index in [1.165, 1.54) is 0 Å². The summed E-state index contributed by atoms with van der Waals surface area (Å²) >= 11 is 0. The quantitative estimate of drug-likeness (QED) is 0.747. The highest BCUT2D eigenvalue weighted by Crippen LogP contribution is 2.10. The summed E-state index contributed by atoms with van der Waals surface area (Å²) < 4.78 is 0. The number of hydrogen-bond donors (Lipinski definition) is 2. The number of carbonyl (C=O) groups excluding carboxylic acids is 2. The predicted molar refractivity (Wildman–Crippen MR) is 68.7 cm³/mol. The summed E-state index contributed by atoms with van der Waals surface area (Å²) in [6.45, 7) is 0.696. The van der Waals surface area contributed by atoms with Crippen molar-refractivity contribution in [1.29, 1.82) is 0 Å². The van der Waals surface area contributed by atoms with Gasteiger partial charge in [0.25, 0.3) is 0 Å². The third-order valence-corrected chi connectivity index (χ3v) is 3.08. The average molecular weight is 247 g/mol. The zero-order valence-corrected chi connectivity index (χ0v) is 10.3. The van der Waals surface area contributed by atoms with Crippen LogP contribution in [0.2, 0.25) is 0 Å². The van der Waals surface area contributed by atoms with E-state index in [0.29, 0.717) is 18.7 Å². The molecule has 1 atom stereocenters. The molecule has 1 heterocycles. The Bertz CT molecular complexity index is 473. The van der Waals surface area contributed by atoms with Gasteiger partial charge in [-0.2, -0.15) is 0 Å². The molecule has 0 spiro atoms. The van der Waals surface area contributed by atoms with Crippen LogP contribution in [0.15, 0.2) is 24.3 Å². The van der Waals surface area contributed by atoms with Crippen molar-refractivity contribution in [2.45, 2.75) is 18.9 Å². The Hall–Kier alpha value is -2.04. The number of nitrogens with two attached hydrogens (primary N) is 1. The Labute approximate surface area is 106 Å². The van der Waals surface area contributed by atoms with Gasteiger partial charge in [0.1, 0.15) is 6.04 Å². The Morgan fingerprint density at radius 3 is 2.94 bits per heavy atom. The molecule has 0 aliphatic carbocycles. The average Bonchev–Trinajstić information content (AvgIpc) is 2.61. The maximum Gasteiger partial charge on any atom is 0.244 e. The molecule has 18 heavy (non-hydrogen) atoms. The first kappa shape index (κ1) is 12.4. The molecule has 1 fully saturated rings. The van der Waals surface area contributed by atoms with Crippen LogP contribution in [0.5, 0.6) is 0 Å². The topological polar surface area (TPSA) is 75.4 Å². The third kappa shape index (κ3) is 2.80. The molecule has 1 unspecified atom stereocenters. The second kappa shape index (κ2) is 5.08. The van der Waals surface area contributed by atoms with Crippen LogP contribution in [0.4, 0.5) is 5.69 Å². The molecule has 0 saturated carbocycles. The highest BCUT2D eigenvalue weighted by molar-refractivity contribution is 5.89. The van der Waals surface area contributed by atoms with Gasteiger partial charge in [-0.15, -0.1) is 0 Å². The van der Waals surface area contributed by atoms with Gasteiger partial charge in [-0.1, -0.05) is 12.1 Å². The van der Waals surface area contributed by atoms with Crippen molar-refractivity contribution in [2.75, 3.05) is 19.3 Å². The van der Waals surface area contributed by atoms with Gasteiger partial charge in [0.05, 0.1) is 6.42 Å². The van der Waals surface area contributed by atoms with E-state index in [1.807, 2.05) is 12.1 Å². The van der Waals surface area contributed by atoms with Crippen molar-refractivity contribution in [3.63, 3.8) is 0 Å². The van der Waals surface area contributed by atoms with E-state index in [9.17, 15) is 9.59 Å². The minimum absolute atomic E-state index is 0.0177. The van der Waals surface area contributed by atoms with E-state index in [2.05, 4.69) is 5.32 Å². The van der Waals surface area contributed by atoms with Gasteiger partial charge in [-0.25, -0.2) is 0 Å². The van der Waals surface area contributed by atoms with Gasteiger partial charge < -0.3 is 16.0 Å². The molecule has 5 heteroatoms. The molecule has 1 aromatic carbocycles. The monoisotopic (exact) mass is 247 g/mol. The lowest BCUT2D eigenvalue weighted by Gasteiger charge is -2.12. The summed E-state index contributed by atoms with van der Waals surface area (Å²) in [6, 6.07) is 6.83. The third-order valence-electron chi connectivity index (χ3n) is 3.08. The van der Waals surface area contributed by atoms with Crippen LogP contribution in [0.3, 0.4) is 0 Å². The number of nitrogens with one attached hydrogen (secondary N) is 1. The lowest BCUT2D eigenvalue weighted by molar-refractivity contribution is -0.131. The van der Waals surface area contributed by atoms with Crippen molar-refractivity contribution in [3.05, 3.63) is 29.8 Å². The minimum atomic E-state index is -0.372. The SMILES string of the molecule is CN1CCC(NC(=O)Cc2cccc(N)c2)C1=O. The van der Waals surface area contributed by atoms with E-state index < -0.39 is 0 Å². The van der Waals surface area contributed by atoms with Crippen molar-refractivity contribution in [2.24, 2.45) is 0 Å². The number of benzene rings is 1. The molecule has 0 radical (unpaired) electrons. The number of nitrogen functional groups attached to an aromatic ring is 1. The van der Waals surface area contributed by atoms with Gasteiger partial charge >= 0.3 is 0 Å². The van der Waals surface area contributed by atoms with Crippen LogP contribution in [0.25, 0.3) is 0 Å². The maximum atomic E-state index is 11.8. The summed E-state index contributed by atoms with van der Waals surface area (Å²) in [5.74, 6) is -0.162. The molecule has 0 bridgehead atoms. The number of likely N-dealkylation sites (N-methyl/N-ethyl adjacent to an activating group) is 1. The van der Waals surface area contributed by atoms with E-state index in [-0.39, 0.29) is 24.3 Å². The number of anilines is 1. The first-order valence-electron chi connectivity index (χ1n) is 5.95. The first-order chi connectivity index (χ1) is 8.56. The lowest BCUT2D eigenvalue weighted by atomic mass is 10.1. The molecule has 2 rings (SSSR count). The number of carbonyl (C=O) groups is 2. The van der Waals surface area contributed by atoms with Crippen LogP contribution in [0.1, 0.15) is 12.0 Å². The smallest absolute Gasteiger partial charge is 0.244 e. The van der Waals surface area contributed by atoms with E-state index in [4.69, 9.17) is 5.73 Å². The summed E-state index contributed by atoms with van der Waals surface area (Å²) in [5, 5.41) is 2.76. The second-order valence-electron chi connectivity index (χ2n) is 4.59. The van der Waals surface area contributed by atoms with Gasteiger partial charge in [-0.3, -0.25) is 9.59 Å². The highest BCUT2D eigenvalue weighted by Gasteiger charge is 2.29. The standard InChI is InChI=1S/C13H17N3O2/c1-16-6-5-11(13(16)18)15-12(17)8-9-3-2-4-10(14)7-9/h2-4,7,11H,5-6,8,14H2,1H3,(H,15,17). The Kier molecular flexibility index (Phi) is 3.50. The molecule has 1 aliphatic rings. The highest BCUT2D eigenvalue weighted by atomic mass is 16.2. The van der Waals surface area contributed by atoms with Crippen molar-refractivity contribution < 1.29 is 9.59 Å². The van der Waals surface area contributed by atoms with E-state index in [1.54, 1.807) is 24.1 Å². The Morgan fingerprint density at radius 1 is 1.56 bits per heavy atom. The molecule has 3 N–H and O–H groups in total. The summed E-state index contributed by atoms with van der Waals surface area (Å²) in [4.78, 5) is 25.1. The van der Waals surface area contributed by atoms with Gasteiger partial charge in [-0.05, 0) is 24.1 Å². The normalized spacial score (nSPS) is 19.1. The van der Waals surface area contributed by atoms with Crippen LogP contribution < -0.4 is 11.1 Å². The molecular formula is C13H17N3O2. The largest absolute Gasteiger partial charge is 0.399 e. The number of hydrogen-bond acceptors (Lipinski definition) is 3. The van der Waals surface area contributed by atoms with Crippen LogP contribution in [-0.4, -0.2) is 36.3 Å². The summed E-state index contributed by atoms with van der Waals surface area (Å²) in [6.07, 6.45) is 0.927. The molecule has 1 aliphatic heterocycles. The molecular weight excluding hydrogens is 230 g/mol. The van der Waals surface area contributed by atoms with Gasteiger partial charge in [0.15, 0.2) is 0 Å². The minimum Gasteiger partial charge on any atom is -0.399 e. The molecule has 0 aromatic heterocycles. The summed E-state index contributed by atoms with van der Waals surface area (Å²) in [5.41, 5.74) is 7.13. The fourth-order valence-corrected chi connectivity index (χ4v) is 2.09. The van der Waals surface area contributed by atoms with E-state index >= 15 is 0 Å². The summed E-state index contributed by atoms with van der Waals surface area (Å²) in [7, 11) is 1.74. The zero-order valence-electron chi connectivity index (χ0n) is 10.3. The maximum absolute atomic E-state index is 11.8. The number of likely N-dealkylation sites (tertiary alicyclic amines) is 1. The van der Waals surface area contributed by atoms with Crippen LogP contribution >= 0.6 is 0 Å². The fourth-order valence-electron chi connectivity index (χ4n) is 2.09. The molecule has 5 nitrogen and oxygen atoms in total. The van der Waals surface area contributed by atoms with E-state index in [0.717, 1.165) is 5.56 Å². The van der Waals surface area contributed by atoms with Gasteiger partial charge in [0, 0.05) is 19.3 Å². The number of rotatable bonds is 3. The first-order valence-corrected chi connectivity index (χ1v) is 5.95. The fraction of sp³-hybridized carbons (Fsp3) is 0.385. The Morgan fingerprint density at radius 2 is 2.33 bits per heavy atom. The Balaban J connectivity index is 1.91. The zero-order chi connectivity index (χ0) is 13.1. The van der Waals surface area contributed by atoms with Gasteiger partial charge in [0.2, 0.25) is 11.8 Å². The number of nitrogens with zero attached hydrogens (tertiary/aromatic N) is 1. The predicted octanol–water partition coefficient (Wildman–Crippen LogP) is 0.158. The molecule has 96 valence electrons. The second-order valence-corrected chi connectivity index (χ2v) is 4.59. The van der Waals surface area contributed by atoms with Crippen LogP contribution in [0, 0.1) is 0 Å². The lowest BCUT2D eigenvalue weighted by Crippen LogP contribution is -2.41. The van der Waals surface area contributed by atoms with Crippen molar-refractivity contribution in [1.82, 2.24) is 10.2 Å². The van der Waals surface area contributed by atoms with Crippen molar-refractivity contribution in [3.8, 4) is 0 Å².